The fourth-order valence-electron chi connectivity index (χ4n) is 2.12. The Hall–Kier alpha value is -2.85. The maximum atomic E-state index is 12.0. The van der Waals surface area contributed by atoms with Gasteiger partial charge in [0.25, 0.3) is 15.9 Å². The molecule has 0 aliphatic rings. The van der Waals surface area contributed by atoms with E-state index in [0.717, 1.165) is 23.4 Å². The highest BCUT2D eigenvalue weighted by molar-refractivity contribution is 7.89. The molecule has 2 rings (SSSR count). The number of carbonyl (C=O) groups is 2. The minimum atomic E-state index is -4.06. The van der Waals surface area contributed by atoms with E-state index in [0.29, 0.717) is 13.0 Å². The van der Waals surface area contributed by atoms with E-state index in [9.17, 15) is 18.0 Å². The Morgan fingerprint density at radius 3 is 2.41 bits per heavy atom. The average Bonchev–Trinajstić information content (AvgIpc) is 3.13. The number of hydrogen-bond donors (Lipinski definition) is 2. The second kappa shape index (κ2) is 8.69. The van der Waals surface area contributed by atoms with Crippen LogP contribution in [0.4, 0.5) is 0 Å². The SMILES string of the molecule is COc1ccc(CCNC(=O)C(C)OC(=O)c2ccc(S(N)(=O)=O)o2)cc1. The minimum Gasteiger partial charge on any atom is -0.497 e. The van der Waals surface area contributed by atoms with Gasteiger partial charge in [-0.15, -0.1) is 0 Å². The second-order valence-corrected chi connectivity index (χ2v) is 7.09. The zero-order valence-electron chi connectivity index (χ0n) is 14.8. The van der Waals surface area contributed by atoms with E-state index in [-0.39, 0.29) is 5.76 Å². The molecule has 0 fully saturated rings. The van der Waals surface area contributed by atoms with Crippen molar-refractivity contribution in [3.8, 4) is 5.75 Å². The number of ether oxygens (including phenoxy) is 2. The summed E-state index contributed by atoms with van der Waals surface area (Å²) >= 11 is 0. The van der Waals surface area contributed by atoms with Crippen molar-refractivity contribution in [1.82, 2.24) is 5.32 Å². The predicted octanol–water partition coefficient (Wildman–Crippen LogP) is 0.840. The molecule has 1 heterocycles. The molecule has 1 aromatic carbocycles. The van der Waals surface area contributed by atoms with Crippen LogP contribution < -0.4 is 15.2 Å². The highest BCUT2D eigenvalue weighted by atomic mass is 32.2. The first-order valence-corrected chi connectivity index (χ1v) is 9.49. The van der Waals surface area contributed by atoms with E-state index in [2.05, 4.69) is 5.32 Å². The number of hydrogen-bond acceptors (Lipinski definition) is 7. The summed E-state index contributed by atoms with van der Waals surface area (Å²) in [6.45, 7) is 1.74. The van der Waals surface area contributed by atoms with Gasteiger partial charge in [-0.25, -0.2) is 18.4 Å². The number of nitrogens with two attached hydrogens (primary N) is 1. The van der Waals surface area contributed by atoms with Crippen molar-refractivity contribution in [2.24, 2.45) is 5.14 Å². The summed E-state index contributed by atoms with van der Waals surface area (Å²) in [5, 5.41) is 6.98. The molecule has 27 heavy (non-hydrogen) atoms. The van der Waals surface area contributed by atoms with Crippen LogP contribution in [-0.2, 0) is 26.0 Å². The molecule has 0 saturated heterocycles. The van der Waals surface area contributed by atoms with Gasteiger partial charge in [-0.2, -0.15) is 0 Å². The van der Waals surface area contributed by atoms with Gasteiger partial charge < -0.3 is 19.2 Å². The highest BCUT2D eigenvalue weighted by Crippen LogP contribution is 2.14. The lowest BCUT2D eigenvalue weighted by Gasteiger charge is -2.12. The van der Waals surface area contributed by atoms with Crippen molar-refractivity contribution >= 4 is 21.9 Å². The molecule has 10 heteroatoms. The van der Waals surface area contributed by atoms with Crippen molar-refractivity contribution in [1.29, 1.82) is 0 Å². The Bertz CT molecular complexity index is 904. The molecule has 0 aliphatic carbocycles. The molecule has 0 aliphatic heterocycles. The molecular weight excluding hydrogens is 376 g/mol. The Kier molecular flexibility index (Phi) is 6.59. The number of nitrogens with one attached hydrogen (secondary N) is 1. The Labute approximate surface area is 156 Å². The summed E-state index contributed by atoms with van der Waals surface area (Å²) in [6.07, 6.45) is -0.497. The Morgan fingerprint density at radius 1 is 1.19 bits per heavy atom. The summed E-state index contributed by atoms with van der Waals surface area (Å²) in [6, 6.07) is 9.55. The minimum absolute atomic E-state index is 0.351. The third-order valence-corrected chi connectivity index (χ3v) is 4.37. The van der Waals surface area contributed by atoms with Crippen molar-refractivity contribution in [2.75, 3.05) is 13.7 Å². The van der Waals surface area contributed by atoms with Crippen molar-refractivity contribution in [3.63, 3.8) is 0 Å². The van der Waals surface area contributed by atoms with Gasteiger partial charge in [0.2, 0.25) is 10.9 Å². The third kappa shape index (κ3) is 5.83. The first-order valence-electron chi connectivity index (χ1n) is 7.95. The fraction of sp³-hybridized carbons (Fsp3) is 0.294. The van der Waals surface area contributed by atoms with E-state index in [1.54, 1.807) is 7.11 Å². The molecule has 1 aromatic heterocycles. The molecule has 1 amide bonds. The number of methoxy groups -OCH3 is 1. The Morgan fingerprint density at radius 2 is 1.85 bits per heavy atom. The third-order valence-electron chi connectivity index (χ3n) is 3.59. The molecule has 0 radical (unpaired) electrons. The molecule has 146 valence electrons. The Balaban J connectivity index is 1.82. The smallest absolute Gasteiger partial charge is 0.375 e. The quantitative estimate of drug-likeness (QED) is 0.631. The van der Waals surface area contributed by atoms with Crippen LogP contribution in [0.25, 0.3) is 0 Å². The lowest BCUT2D eigenvalue weighted by atomic mass is 10.1. The zero-order valence-corrected chi connectivity index (χ0v) is 15.6. The monoisotopic (exact) mass is 396 g/mol. The maximum Gasteiger partial charge on any atom is 0.375 e. The normalized spacial score (nSPS) is 12.3. The van der Waals surface area contributed by atoms with E-state index < -0.39 is 33.1 Å². The fourth-order valence-corrected chi connectivity index (χ4v) is 2.58. The molecule has 1 atom stereocenters. The summed E-state index contributed by atoms with van der Waals surface area (Å²) in [7, 11) is -2.49. The standard InChI is InChI=1S/C17H20N2O7S/c1-11(25-17(21)14-7-8-15(26-14)27(18,22)23)16(20)19-10-9-12-3-5-13(24-2)6-4-12/h3-8,11H,9-10H2,1-2H3,(H,19,20)(H2,18,22,23). The van der Waals surface area contributed by atoms with Crippen LogP contribution >= 0.6 is 0 Å². The number of benzene rings is 1. The molecule has 3 N–H and O–H groups in total. The van der Waals surface area contributed by atoms with E-state index in [1.807, 2.05) is 24.3 Å². The van der Waals surface area contributed by atoms with Crippen LogP contribution in [-0.4, -0.2) is 40.1 Å². The molecule has 0 saturated carbocycles. The summed E-state index contributed by atoms with van der Waals surface area (Å²) < 4.78 is 37.1. The number of furan rings is 1. The number of carbonyl (C=O) groups excluding carboxylic acids is 2. The molecule has 0 bridgehead atoms. The van der Waals surface area contributed by atoms with Gasteiger partial charge in [-0.3, -0.25) is 4.79 Å². The van der Waals surface area contributed by atoms with Gasteiger partial charge in [-0.05, 0) is 43.2 Å². The number of rotatable bonds is 8. The number of amides is 1. The van der Waals surface area contributed by atoms with Crippen molar-refractivity contribution < 1.29 is 31.9 Å². The van der Waals surface area contributed by atoms with E-state index in [1.165, 1.54) is 6.92 Å². The van der Waals surface area contributed by atoms with Crippen LogP contribution in [0.1, 0.15) is 23.0 Å². The largest absolute Gasteiger partial charge is 0.497 e. The topological polar surface area (TPSA) is 138 Å². The number of esters is 1. The van der Waals surface area contributed by atoms with Crippen LogP contribution in [0.15, 0.2) is 45.9 Å². The second-order valence-electron chi connectivity index (χ2n) is 5.60. The summed E-state index contributed by atoms with van der Waals surface area (Å²) in [4.78, 5) is 23.9. The average molecular weight is 396 g/mol. The van der Waals surface area contributed by atoms with Gasteiger partial charge in [0.05, 0.1) is 7.11 Å². The van der Waals surface area contributed by atoms with Gasteiger partial charge in [0, 0.05) is 6.54 Å². The van der Waals surface area contributed by atoms with Crippen LogP contribution in [0.2, 0.25) is 0 Å². The number of sulfonamides is 1. The van der Waals surface area contributed by atoms with Gasteiger partial charge in [0.15, 0.2) is 6.10 Å². The zero-order chi connectivity index (χ0) is 20.0. The molecule has 0 spiro atoms. The van der Waals surface area contributed by atoms with E-state index >= 15 is 0 Å². The van der Waals surface area contributed by atoms with Crippen LogP contribution in [0.5, 0.6) is 5.75 Å². The van der Waals surface area contributed by atoms with Gasteiger partial charge in [-0.1, -0.05) is 12.1 Å². The first-order chi connectivity index (χ1) is 12.7. The first kappa shape index (κ1) is 20.5. The lowest BCUT2D eigenvalue weighted by Crippen LogP contribution is -2.36. The van der Waals surface area contributed by atoms with Crippen molar-refractivity contribution in [2.45, 2.75) is 24.5 Å². The molecular formula is C17H20N2O7S. The van der Waals surface area contributed by atoms with E-state index in [4.69, 9.17) is 19.0 Å². The molecule has 2 aromatic rings. The number of primary sulfonamides is 1. The molecule has 1 unspecified atom stereocenters. The summed E-state index contributed by atoms with van der Waals surface area (Å²) in [5.41, 5.74) is 1.01. The predicted molar refractivity (Wildman–Crippen MR) is 94.7 cm³/mol. The lowest BCUT2D eigenvalue weighted by molar-refractivity contribution is -0.129. The van der Waals surface area contributed by atoms with Crippen LogP contribution in [0.3, 0.4) is 0 Å². The summed E-state index contributed by atoms with van der Waals surface area (Å²) in [5.74, 6) is -1.08. The van der Waals surface area contributed by atoms with Crippen LogP contribution in [0, 0.1) is 0 Å². The molecule has 9 nitrogen and oxygen atoms in total. The van der Waals surface area contributed by atoms with Gasteiger partial charge >= 0.3 is 5.97 Å². The maximum absolute atomic E-state index is 12.0. The van der Waals surface area contributed by atoms with Gasteiger partial charge in [0.1, 0.15) is 5.75 Å². The highest BCUT2D eigenvalue weighted by Gasteiger charge is 2.23. The van der Waals surface area contributed by atoms with Crippen molar-refractivity contribution in [3.05, 3.63) is 47.7 Å².